The van der Waals surface area contributed by atoms with Gasteiger partial charge in [-0.2, -0.15) is 5.10 Å². The van der Waals surface area contributed by atoms with Crippen LogP contribution < -0.4 is 0 Å². The second kappa shape index (κ2) is 7.67. The number of methoxy groups -OCH3 is 1. The van der Waals surface area contributed by atoms with Crippen LogP contribution >= 0.6 is 11.8 Å². The first kappa shape index (κ1) is 13.5. The highest BCUT2D eigenvalue weighted by molar-refractivity contribution is 7.99. The summed E-state index contributed by atoms with van der Waals surface area (Å²) in [5, 5.41) is 13.7. The largest absolute Gasteiger partial charge is 0.390 e. The summed E-state index contributed by atoms with van der Waals surface area (Å²) in [6.45, 7) is 1.42. The van der Waals surface area contributed by atoms with Gasteiger partial charge in [-0.1, -0.05) is 0 Å². The zero-order valence-electron chi connectivity index (χ0n) is 9.63. The Labute approximate surface area is 99.7 Å². The molecule has 0 aliphatic carbocycles. The lowest BCUT2D eigenvalue weighted by Crippen LogP contribution is -2.19. The SMILES string of the molecule is COCCOCC(O)CSc1cnn(C)c1. The van der Waals surface area contributed by atoms with E-state index < -0.39 is 6.10 Å². The van der Waals surface area contributed by atoms with Crippen LogP contribution in [0.1, 0.15) is 0 Å². The third-order valence-electron chi connectivity index (χ3n) is 1.87. The van der Waals surface area contributed by atoms with Crippen LogP contribution in [0.2, 0.25) is 0 Å². The molecule has 0 bridgehead atoms. The van der Waals surface area contributed by atoms with E-state index in [1.807, 2.05) is 13.2 Å². The van der Waals surface area contributed by atoms with Gasteiger partial charge in [0.2, 0.25) is 0 Å². The summed E-state index contributed by atoms with van der Waals surface area (Å²) in [4.78, 5) is 1.05. The van der Waals surface area contributed by atoms with E-state index in [1.54, 1.807) is 29.8 Å². The van der Waals surface area contributed by atoms with Crippen LogP contribution in [0.4, 0.5) is 0 Å². The number of aliphatic hydroxyl groups excluding tert-OH is 1. The normalized spacial score (nSPS) is 12.9. The topological polar surface area (TPSA) is 56.5 Å². The summed E-state index contributed by atoms with van der Waals surface area (Å²) in [7, 11) is 3.49. The molecule has 1 atom stereocenters. The van der Waals surface area contributed by atoms with Gasteiger partial charge in [-0.15, -0.1) is 11.8 Å². The highest BCUT2D eigenvalue weighted by Crippen LogP contribution is 2.17. The lowest BCUT2D eigenvalue weighted by molar-refractivity contribution is 0.0218. The first-order chi connectivity index (χ1) is 7.72. The van der Waals surface area contributed by atoms with Crippen LogP contribution in [0.3, 0.4) is 0 Å². The van der Waals surface area contributed by atoms with Crippen molar-refractivity contribution in [2.24, 2.45) is 7.05 Å². The third-order valence-corrected chi connectivity index (χ3v) is 2.96. The van der Waals surface area contributed by atoms with Gasteiger partial charge in [0.15, 0.2) is 0 Å². The van der Waals surface area contributed by atoms with E-state index in [1.165, 1.54) is 0 Å². The van der Waals surface area contributed by atoms with E-state index in [-0.39, 0.29) is 0 Å². The molecule has 6 heteroatoms. The van der Waals surface area contributed by atoms with Crippen molar-refractivity contribution in [2.45, 2.75) is 11.0 Å². The van der Waals surface area contributed by atoms with Crippen LogP contribution in [0.25, 0.3) is 0 Å². The maximum Gasteiger partial charge on any atom is 0.0867 e. The van der Waals surface area contributed by atoms with Crippen molar-refractivity contribution in [3.63, 3.8) is 0 Å². The van der Waals surface area contributed by atoms with Crippen molar-refractivity contribution in [3.8, 4) is 0 Å². The van der Waals surface area contributed by atoms with Crippen LogP contribution in [0.15, 0.2) is 17.3 Å². The van der Waals surface area contributed by atoms with Crippen molar-refractivity contribution in [3.05, 3.63) is 12.4 Å². The Hall–Kier alpha value is -0.560. The quantitative estimate of drug-likeness (QED) is 0.536. The molecule has 0 spiro atoms. The van der Waals surface area contributed by atoms with Crippen LogP contribution in [-0.4, -0.2) is 53.7 Å². The molecule has 0 aliphatic rings. The van der Waals surface area contributed by atoms with Crippen molar-refractivity contribution in [2.75, 3.05) is 32.7 Å². The average Bonchev–Trinajstić information content (AvgIpc) is 2.68. The standard InChI is InChI=1S/C10H18N2O3S/c1-12-6-10(5-11-12)16-8-9(13)7-15-4-3-14-2/h5-6,9,13H,3-4,7-8H2,1-2H3. The maximum atomic E-state index is 9.60. The van der Waals surface area contributed by atoms with Gasteiger partial charge >= 0.3 is 0 Å². The predicted molar refractivity (Wildman–Crippen MR) is 62.6 cm³/mol. The molecule has 1 aromatic rings. The van der Waals surface area contributed by atoms with E-state index in [0.29, 0.717) is 25.6 Å². The number of aromatic nitrogens is 2. The van der Waals surface area contributed by atoms with Gasteiger partial charge in [-0.3, -0.25) is 4.68 Å². The molecule has 16 heavy (non-hydrogen) atoms. The van der Waals surface area contributed by atoms with Gasteiger partial charge < -0.3 is 14.6 Å². The molecule has 0 saturated heterocycles. The number of aliphatic hydroxyl groups is 1. The number of aryl methyl sites for hydroxylation is 1. The van der Waals surface area contributed by atoms with Crippen LogP contribution in [0, 0.1) is 0 Å². The van der Waals surface area contributed by atoms with Gasteiger partial charge in [0.1, 0.15) is 0 Å². The molecule has 0 fully saturated rings. The first-order valence-electron chi connectivity index (χ1n) is 5.08. The van der Waals surface area contributed by atoms with Gasteiger partial charge in [0, 0.05) is 31.0 Å². The molecule has 5 nitrogen and oxygen atoms in total. The summed E-state index contributed by atoms with van der Waals surface area (Å²) >= 11 is 1.57. The molecule has 0 aliphatic heterocycles. The second-order valence-corrected chi connectivity index (χ2v) is 4.48. The minimum atomic E-state index is -0.456. The van der Waals surface area contributed by atoms with Crippen LogP contribution in [0.5, 0.6) is 0 Å². The minimum Gasteiger partial charge on any atom is -0.390 e. The van der Waals surface area contributed by atoms with E-state index in [9.17, 15) is 5.11 Å². The van der Waals surface area contributed by atoms with Crippen molar-refractivity contribution in [1.82, 2.24) is 9.78 Å². The summed E-state index contributed by atoms with van der Waals surface area (Å²) in [6.07, 6.45) is 3.24. The summed E-state index contributed by atoms with van der Waals surface area (Å²) in [6, 6.07) is 0. The monoisotopic (exact) mass is 246 g/mol. The van der Waals surface area contributed by atoms with Crippen LogP contribution in [-0.2, 0) is 16.5 Å². The van der Waals surface area contributed by atoms with E-state index in [0.717, 1.165) is 4.90 Å². The van der Waals surface area contributed by atoms with Crippen molar-refractivity contribution in [1.29, 1.82) is 0 Å². The van der Waals surface area contributed by atoms with Crippen molar-refractivity contribution < 1.29 is 14.6 Å². The van der Waals surface area contributed by atoms with Crippen molar-refractivity contribution >= 4 is 11.8 Å². The number of rotatable bonds is 8. The van der Waals surface area contributed by atoms with Gasteiger partial charge in [0.25, 0.3) is 0 Å². The molecule has 0 aromatic carbocycles. The predicted octanol–water partition coefficient (Wildman–Crippen LogP) is 0.536. The summed E-state index contributed by atoms with van der Waals surface area (Å²) in [5.74, 6) is 0.610. The lowest BCUT2D eigenvalue weighted by Gasteiger charge is -2.09. The fourth-order valence-electron chi connectivity index (χ4n) is 1.08. The van der Waals surface area contributed by atoms with E-state index in [4.69, 9.17) is 9.47 Å². The molecular formula is C10H18N2O3S. The molecule has 92 valence electrons. The Bertz CT molecular complexity index is 293. The molecule has 0 saturated carbocycles. The number of ether oxygens (including phenoxy) is 2. The molecule has 1 heterocycles. The molecule has 1 N–H and O–H groups in total. The number of thioether (sulfide) groups is 1. The highest BCUT2D eigenvalue weighted by Gasteiger charge is 2.06. The zero-order chi connectivity index (χ0) is 11.8. The Balaban J connectivity index is 2.08. The maximum absolute atomic E-state index is 9.60. The minimum absolute atomic E-state index is 0.344. The number of nitrogens with zero attached hydrogens (tertiary/aromatic N) is 2. The molecule has 1 aromatic heterocycles. The van der Waals surface area contributed by atoms with Gasteiger partial charge in [-0.05, 0) is 0 Å². The smallest absolute Gasteiger partial charge is 0.0867 e. The Morgan fingerprint density at radius 2 is 2.38 bits per heavy atom. The zero-order valence-corrected chi connectivity index (χ0v) is 10.4. The first-order valence-corrected chi connectivity index (χ1v) is 6.07. The average molecular weight is 246 g/mol. The molecule has 1 rings (SSSR count). The van der Waals surface area contributed by atoms with E-state index in [2.05, 4.69) is 5.10 Å². The Kier molecular flexibility index (Phi) is 6.47. The number of hydrogen-bond acceptors (Lipinski definition) is 5. The fourth-order valence-corrected chi connectivity index (χ4v) is 1.91. The summed E-state index contributed by atoms with van der Waals surface area (Å²) in [5.41, 5.74) is 0. The second-order valence-electron chi connectivity index (χ2n) is 3.38. The molecule has 1 unspecified atom stereocenters. The Morgan fingerprint density at radius 3 is 3.00 bits per heavy atom. The molecule has 0 radical (unpaired) electrons. The Morgan fingerprint density at radius 1 is 1.56 bits per heavy atom. The highest BCUT2D eigenvalue weighted by atomic mass is 32.2. The lowest BCUT2D eigenvalue weighted by atomic mass is 10.4. The fraction of sp³-hybridized carbons (Fsp3) is 0.700. The third kappa shape index (κ3) is 5.50. The summed E-state index contributed by atoms with van der Waals surface area (Å²) < 4.78 is 11.8. The van der Waals surface area contributed by atoms with Gasteiger partial charge in [-0.25, -0.2) is 0 Å². The molecular weight excluding hydrogens is 228 g/mol. The van der Waals surface area contributed by atoms with Gasteiger partial charge in [0.05, 0.1) is 32.1 Å². The number of hydrogen-bond donors (Lipinski definition) is 1. The molecule has 0 amide bonds. The van der Waals surface area contributed by atoms with E-state index >= 15 is 0 Å².